The fourth-order valence-electron chi connectivity index (χ4n) is 2.88. The van der Waals surface area contributed by atoms with Gasteiger partial charge in [-0.3, -0.25) is 0 Å². The maximum Gasteiger partial charge on any atom is 0.282 e. The minimum Gasteiger partial charge on any atom is -0.307 e. The third-order valence-electron chi connectivity index (χ3n) is 4.11. The molecule has 2 heteroatoms. The Kier molecular flexibility index (Phi) is 4.44. The van der Waals surface area contributed by atoms with Crippen molar-refractivity contribution >= 4 is 13.6 Å². The van der Waals surface area contributed by atoms with Gasteiger partial charge in [0.1, 0.15) is 0 Å². The Balaban J connectivity index is 2.37. The predicted molar refractivity (Wildman–Crippen MR) is 88.6 cm³/mol. The Bertz CT molecular complexity index is 535. The molecule has 0 aliphatic heterocycles. The molecule has 0 aromatic heterocycles. The molecule has 2 rings (SSSR count). The number of hydrogen-bond acceptors (Lipinski definition) is 0. The van der Waals surface area contributed by atoms with Crippen LogP contribution in [-0.2, 0) is 0 Å². The van der Waals surface area contributed by atoms with E-state index in [2.05, 4.69) is 24.3 Å². The summed E-state index contributed by atoms with van der Waals surface area (Å²) < 4.78 is 15.4. The van der Waals surface area contributed by atoms with Gasteiger partial charge < -0.3 is 4.11 Å². The molecule has 0 aliphatic rings. The normalized spacial score (nSPS) is 12.2. The molecule has 0 unspecified atom stereocenters. The zero-order valence-electron chi connectivity index (χ0n) is 12.7. The number of rotatable bonds is 4. The molecule has 0 amide bonds. The molecular weight excluding hydrogens is 263 g/mol. The van der Waals surface area contributed by atoms with Gasteiger partial charge in [0, 0.05) is 0 Å². The molecule has 0 saturated heterocycles. The van der Waals surface area contributed by atoms with E-state index in [1.54, 1.807) is 0 Å². The lowest BCUT2D eigenvalue weighted by molar-refractivity contribution is 0.699. The molecule has 0 heterocycles. The van der Waals surface area contributed by atoms with Crippen molar-refractivity contribution in [1.29, 1.82) is 0 Å². The van der Waals surface area contributed by atoms with Gasteiger partial charge in [-0.25, -0.2) is 0 Å². The van der Waals surface area contributed by atoms with E-state index in [1.807, 2.05) is 58.0 Å². The molecule has 0 radical (unpaired) electrons. The monoisotopic (exact) mass is 286 g/mol. The first-order chi connectivity index (χ1) is 9.46. The standard InChI is InChI=1S/C18H23FSi/c1-14(2)20(19,15(3)4)18-12-10-17(11-13-18)16-8-6-5-7-9-16/h5-15H,1-4H3. The Labute approximate surface area is 122 Å². The smallest absolute Gasteiger partial charge is 0.282 e. The summed E-state index contributed by atoms with van der Waals surface area (Å²) in [4.78, 5) is 0. The fourth-order valence-corrected chi connectivity index (χ4v) is 6.23. The van der Waals surface area contributed by atoms with Crippen LogP contribution < -0.4 is 5.19 Å². The summed E-state index contributed by atoms with van der Waals surface area (Å²) in [6.07, 6.45) is 0. The molecule has 20 heavy (non-hydrogen) atoms. The summed E-state index contributed by atoms with van der Waals surface area (Å²) in [5.74, 6) is 0. The van der Waals surface area contributed by atoms with Gasteiger partial charge in [0.15, 0.2) is 0 Å². The molecule has 0 saturated carbocycles. The second-order valence-corrected chi connectivity index (χ2v) is 10.4. The minimum atomic E-state index is -2.90. The zero-order valence-corrected chi connectivity index (χ0v) is 13.7. The van der Waals surface area contributed by atoms with Gasteiger partial charge in [0.25, 0.3) is 8.41 Å². The van der Waals surface area contributed by atoms with E-state index in [1.165, 1.54) is 5.56 Å². The molecule has 0 nitrogen and oxygen atoms in total. The number of halogens is 1. The van der Waals surface area contributed by atoms with Gasteiger partial charge in [-0.15, -0.1) is 0 Å². The number of benzene rings is 2. The first-order valence-corrected chi connectivity index (χ1v) is 9.34. The van der Waals surface area contributed by atoms with E-state index < -0.39 is 8.41 Å². The molecule has 0 N–H and O–H groups in total. The minimum absolute atomic E-state index is 0.102. The van der Waals surface area contributed by atoms with Gasteiger partial charge in [-0.2, -0.15) is 0 Å². The maximum atomic E-state index is 15.4. The van der Waals surface area contributed by atoms with Crippen molar-refractivity contribution in [1.82, 2.24) is 0 Å². The summed E-state index contributed by atoms with van der Waals surface area (Å²) in [7, 11) is -2.90. The molecule has 2 aromatic rings. The Morgan fingerprint density at radius 2 is 1.15 bits per heavy atom. The fraction of sp³-hybridized carbons (Fsp3) is 0.333. The van der Waals surface area contributed by atoms with Crippen molar-refractivity contribution in [2.75, 3.05) is 0 Å². The van der Waals surface area contributed by atoms with Crippen LogP contribution in [0.4, 0.5) is 4.11 Å². The average molecular weight is 286 g/mol. The lowest BCUT2D eigenvalue weighted by Gasteiger charge is -2.30. The van der Waals surface area contributed by atoms with Crippen LogP contribution in [0.25, 0.3) is 11.1 Å². The van der Waals surface area contributed by atoms with E-state index in [4.69, 9.17) is 0 Å². The van der Waals surface area contributed by atoms with Crippen LogP contribution in [0, 0.1) is 0 Å². The van der Waals surface area contributed by atoms with E-state index in [-0.39, 0.29) is 11.1 Å². The van der Waals surface area contributed by atoms with Crippen LogP contribution in [0.1, 0.15) is 27.7 Å². The molecular formula is C18H23FSi. The Hall–Kier alpha value is -1.41. The molecule has 0 spiro atoms. The van der Waals surface area contributed by atoms with E-state index in [0.717, 1.165) is 10.8 Å². The first kappa shape index (κ1) is 15.0. The van der Waals surface area contributed by atoms with Crippen molar-refractivity contribution in [3.05, 3.63) is 54.6 Å². The van der Waals surface area contributed by atoms with Crippen molar-refractivity contribution in [3.8, 4) is 11.1 Å². The molecule has 106 valence electrons. The third kappa shape index (κ3) is 2.71. The van der Waals surface area contributed by atoms with Crippen LogP contribution in [-0.4, -0.2) is 8.41 Å². The first-order valence-electron chi connectivity index (χ1n) is 7.31. The lowest BCUT2D eigenvalue weighted by Crippen LogP contribution is -2.49. The van der Waals surface area contributed by atoms with Crippen LogP contribution in [0.5, 0.6) is 0 Å². The van der Waals surface area contributed by atoms with Crippen molar-refractivity contribution in [2.24, 2.45) is 0 Å². The van der Waals surface area contributed by atoms with Crippen LogP contribution in [0.3, 0.4) is 0 Å². The average Bonchev–Trinajstić information content (AvgIpc) is 2.47. The number of hydrogen-bond donors (Lipinski definition) is 0. The van der Waals surface area contributed by atoms with Gasteiger partial charge in [-0.1, -0.05) is 82.3 Å². The predicted octanol–water partition coefficient (Wildman–Crippen LogP) is 5.30. The lowest BCUT2D eigenvalue weighted by atomic mass is 10.1. The van der Waals surface area contributed by atoms with Crippen molar-refractivity contribution < 1.29 is 4.11 Å². The van der Waals surface area contributed by atoms with Crippen molar-refractivity contribution in [3.63, 3.8) is 0 Å². The highest BCUT2D eigenvalue weighted by molar-refractivity contribution is 6.88. The molecule has 0 aliphatic carbocycles. The molecule has 2 aromatic carbocycles. The Morgan fingerprint density at radius 1 is 0.700 bits per heavy atom. The van der Waals surface area contributed by atoms with E-state index >= 15 is 4.11 Å². The van der Waals surface area contributed by atoms with Crippen molar-refractivity contribution in [2.45, 2.75) is 38.8 Å². The third-order valence-corrected chi connectivity index (χ3v) is 8.69. The van der Waals surface area contributed by atoms with E-state index in [0.29, 0.717) is 0 Å². The maximum absolute atomic E-state index is 15.4. The highest BCUT2D eigenvalue weighted by Gasteiger charge is 2.43. The van der Waals surface area contributed by atoms with E-state index in [9.17, 15) is 0 Å². The summed E-state index contributed by atoms with van der Waals surface area (Å²) >= 11 is 0. The second-order valence-electron chi connectivity index (χ2n) is 6.02. The Morgan fingerprint density at radius 3 is 1.60 bits per heavy atom. The summed E-state index contributed by atoms with van der Waals surface area (Å²) in [6, 6.07) is 18.3. The van der Waals surface area contributed by atoms with Crippen LogP contribution in [0.2, 0.25) is 11.1 Å². The summed E-state index contributed by atoms with van der Waals surface area (Å²) in [5, 5.41) is 0.919. The summed E-state index contributed by atoms with van der Waals surface area (Å²) in [6.45, 7) is 8.04. The topological polar surface area (TPSA) is 0 Å². The van der Waals surface area contributed by atoms with Crippen LogP contribution in [0.15, 0.2) is 54.6 Å². The second kappa shape index (κ2) is 5.92. The van der Waals surface area contributed by atoms with Crippen LogP contribution >= 0.6 is 0 Å². The molecule has 0 bridgehead atoms. The van der Waals surface area contributed by atoms with Gasteiger partial charge in [0.2, 0.25) is 0 Å². The highest BCUT2D eigenvalue weighted by Crippen LogP contribution is 2.33. The van der Waals surface area contributed by atoms with Gasteiger partial charge in [0.05, 0.1) is 0 Å². The largest absolute Gasteiger partial charge is 0.307 e. The zero-order chi connectivity index (χ0) is 14.8. The molecule has 0 fully saturated rings. The summed E-state index contributed by atoms with van der Waals surface area (Å²) in [5.41, 5.74) is 2.53. The molecule has 0 atom stereocenters. The quantitative estimate of drug-likeness (QED) is 0.529. The van der Waals surface area contributed by atoms with Gasteiger partial charge in [-0.05, 0) is 27.4 Å². The SMILES string of the molecule is CC(C)[Si](F)(c1ccc(-c2ccccc2)cc1)C(C)C. The van der Waals surface area contributed by atoms with Gasteiger partial charge >= 0.3 is 0 Å². The highest BCUT2D eigenvalue weighted by atomic mass is 28.4.